The van der Waals surface area contributed by atoms with Crippen molar-refractivity contribution in [1.82, 2.24) is 9.78 Å². The number of carboxylic acids is 1. The molecule has 1 aromatic rings. The lowest BCUT2D eigenvalue weighted by molar-refractivity contribution is -0.138. The van der Waals surface area contributed by atoms with Crippen molar-refractivity contribution < 1.29 is 14.6 Å². The molecule has 7 nitrogen and oxygen atoms in total. The van der Waals surface area contributed by atoms with E-state index in [1.807, 2.05) is 0 Å². The number of ether oxygens (including phenoxy) is 1. The predicted octanol–water partition coefficient (Wildman–Crippen LogP) is 1.78. The Morgan fingerprint density at radius 1 is 1.46 bits per heavy atom. The number of hydrogen-bond donors (Lipinski definition) is 1. The monoisotopic (exact) mass is 353 g/mol. The minimum absolute atomic E-state index is 0.144. The van der Waals surface area contributed by atoms with E-state index in [0.717, 1.165) is 12.5 Å². The first-order valence-corrected chi connectivity index (χ1v) is 12.1. The third-order valence-electron chi connectivity index (χ3n) is 4.29. The van der Waals surface area contributed by atoms with Gasteiger partial charge in [0.05, 0.1) is 11.9 Å². The van der Waals surface area contributed by atoms with E-state index in [2.05, 4.69) is 24.7 Å². The molecular weight excluding hydrogens is 326 g/mol. The highest BCUT2D eigenvalue weighted by Gasteiger charge is 2.28. The Labute approximate surface area is 143 Å². The molecular formula is C16H27N3O4Si. The van der Waals surface area contributed by atoms with Gasteiger partial charge < -0.3 is 14.7 Å². The topological polar surface area (TPSA) is 84.7 Å². The Morgan fingerprint density at radius 2 is 2.17 bits per heavy atom. The summed E-state index contributed by atoms with van der Waals surface area (Å²) < 4.78 is 6.94. The molecule has 2 heterocycles. The predicted molar refractivity (Wildman–Crippen MR) is 95.4 cm³/mol. The highest BCUT2D eigenvalue weighted by Crippen LogP contribution is 2.25. The SMILES string of the molecule is CC(C(=O)O)N1CCCc2c1cnn(COCC[Si](C)(C)C)c2=O. The smallest absolute Gasteiger partial charge is 0.326 e. The van der Waals surface area contributed by atoms with Crippen LogP contribution in [0, 0.1) is 0 Å². The summed E-state index contributed by atoms with van der Waals surface area (Å²) in [6, 6.07) is 0.366. The van der Waals surface area contributed by atoms with Crippen molar-refractivity contribution in [3.8, 4) is 0 Å². The van der Waals surface area contributed by atoms with E-state index in [4.69, 9.17) is 4.74 Å². The summed E-state index contributed by atoms with van der Waals surface area (Å²) in [5, 5.41) is 13.4. The Morgan fingerprint density at radius 3 is 2.79 bits per heavy atom. The van der Waals surface area contributed by atoms with E-state index in [1.54, 1.807) is 18.0 Å². The maximum absolute atomic E-state index is 12.6. The molecule has 2 rings (SSSR count). The molecule has 1 aliphatic heterocycles. The average molecular weight is 353 g/mol. The summed E-state index contributed by atoms with van der Waals surface area (Å²) in [5.41, 5.74) is 1.10. The number of carbonyl (C=O) groups is 1. The van der Waals surface area contributed by atoms with Gasteiger partial charge in [0, 0.05) is 26.8 Å². The zero-order valence-electron chi connectivity index (χ0n) is 14.9. The first-order chi connectivity index (χ1) is 11.2. The van der Waals surface area contributed by atoms with Crippen molar-refractivity contribution in [2.24, 2.45) is 0 Å². The van der Waals surface area contributed by atoms with E-state index in [-0.39, 0.29) is 12.3 Å². The van der Waals surface area contributed by atoms with Crippen molar-refractivity contribution in [3.63, 3.8) is 0 Å². The fourth-order valence-electron chi connectivity index (χ4n) is 2.71. The van der Waals surface area contributed by atoms with Crippen molar-refractivity contribution in [3.05, 3.63) is 22.1 Å². The van der Waals surface area contributed by atoms with Gasteiger partial charge >= 0.3 is 5.97 Å². The molecule has 0 bridgehead atoms. The molecule has 1 N–H and O–H groups in total. The summed E-state index contributed by atoms with van der Waals surface area (Å²) in [6.45, 7) is 9.85. The summed E-state index contributed by atoms with van der Waals surface area (Å²) in [4.78, 5) is 25.6. The van der Waals surface area contributed by atoms with Gasteiger partial charge in [-0.25, -0.2) is 9.48 Å². The molecule has 1 atom stereocenters. The Hall–Kier alpha value is -1.67. The molecule has 8 heteroatoms. The van der Waals surface area contributed by atoms with Gasteiger partial charge in [0.25, 0.3) is 5.56 Å². The second-order valence-corrected chi connectivity index (χ2v) is 13.1. The van der Waals surface area contributed by atoms with Crippen LogP contribution < -0.4 is 10.5 Å². The zero-order chi connectivity index (χ0) is 17.9. The number of aromatic nitrogens is 2. The van der Waals surface area contributed by atoms with Crippen molar-refractivity contribution in [2.45, 2.75) is 58.2 Å². The number of hydrogen-bond acceptors (Lipinski definition) is 5. The van der Waals surface area contributed by atoms with Gasteiger partial charge in [-0.2, -0.15) is 5.10 Å². The molecule has 0 spiro atoms. The lowest BCUT2D eigenvalue weighted by Gasteiger charge is -2.33. The van der Waals surface area contributed by atoms with Crippen molar-refractivity contribution in [1.29, 1.82) is 0 Å². The largest absolute Gasteiger partial charge is 0.480 e. The quantitative estimate of drug-likeness (QED) is 0.594. The fraction of sp³-hybridized carbons (Fsp3) is 0.688. The molecule has 0 saturated carbocycles. The van der Waals surface area contributed by atoms with Gasteiger partial charge in [-0.1, -0.05) is 19.6 Å². The van der Waals surface area contributed by atoms with Crippen LogP contribution in [0.4, 0.5) is 5.69 Å². The standard InChI is InChI=1S/C16H27N3O4Si/c1-12(16(21)22)18-7-5-6-13-14(18)10-17-19(15(13)20)11-23-8-9-24(2,3)4/h10,12H,5-9,11H2,1-4H3,(H,21,22). The van der Waals surface area contributed by atoms with Gasteiger partial charge in [-0.05, 0) is 25.8 Å². The number of carboxylic acid groups (broad SMARTS) is 1. The van der Waals surface area contributed by atoms with Crippen LogP contribution in [0.15, 0.2) is 11.0 Å². The average Bonchev–Trinajstić information content (AvgIpc) is 2.51. The minimum atomic E-state index is -1.16. The zero-order valence-corrected chi connectivity index (χ0v) is 15.9. The number of nitrogens with zero attached hydrogens (tertiary/aromatic N) is 3. The molecule has 134 valence electrons. The van der Waals surface area contributed by atoms with Gasteiger partial charge in [0.15, 0.2) is 0 Å². The van der Waals surface area contributed by atoms with Crippen LogP contribution >= 0.6 is 0 Å². The van der Waals surface area contributed by atoms with Crippen LogP contribution in [-0.2, 0) is 22.7 Å². The summed E-state index contributed by atoms with van der Waals surface area (Å²) in [6.07, 6.45) is 3.01. The van der Waals surface area contributed by atoms with Gasteiger partial charge in [-0.15, -0.1) is 0 Å². The lowest BCUT2D eigenvalue weighted by atomic mass is 10.0. The third-order valence-corrected chi connectivity index (χ3v) is 6.00. The number of rotatable bonds is 7. The number of aliphatic carboxylic acids is 1. The molecule has 0 amide bonds. The summed E-state index contributed by atoms with van der Waals surface area (Å²) >= 11 is 0. The molecule has 0 aromatic carbocycles. The minimum Gasteiger partial charge on any atom is -0.480 e. The van der Waals surface area contributed by atoms with E-state index in [9.17, 15) is 14.7 Å². The molecule has 24 heavy (non-hydrogen) atoms. The highest BCUT2D eigenvalue weighted by molar-refractivity contribution is 6.76. The molecule has 0 aliphatic carbocycles. The second-order valence-electron chi connectivity index (χ2n) is 7.47. The normalized spacial score (nSPS) is 15.9. The third kappa shape index (κ3) is 4.45. The van der Waals surface area contributed by atoms with E-state index >= 15 is 0 Å². The Kier molecular flexibility index (Phi) is 5.82. The molecule has 1 aliphatic rings. The number of fused-ring (bicyclic) bond motifs is 1. The van der Waals surface area contributed by atoms with E-state index in [0.29, 0.717) is 30.8 Å². The molecule has 0 radical (unpaired) electrons. The first-order valence-electron chi connectivity index (χ1n) is 8.37. The summed E-state index contributed by atoms with van der Waals surface area (Å²) in [5.74, 6) is -0.901. The second kappa shape index (κ2) is 7.48. The van der Waals surface area contributed by atoms with Gasteiger partial charge in [0.2, 0.25) is 0 Å². The van der Waals surface area contributed by atoms with Crippen LogP contribution in [0.1, 0.15) is 18.9 Å². The van der Waals surface area contributed by atoms with Gasteiger partial charge in [0.1, 0.15) is 12.8 Å². The highest BCUT2D eigenvalue weighted by atomic mass is 28.3. The Bertz CT molecular complexity index is 654. The molecule has 1 aromatic heterocycles. The van der Waals surface area contributed by atoms with Crippen molar-refractivity contribution >= 4 is 19.7 Å². The lowest BCUT2D eigenvalue weighted by Crippen LogP contribution is -2.44. The van der Waals surface area contributed by atoms with Gasteiger partial charge in [-0.3, -0.25) is 4.79 Å². The number of anilines is 1. The van der Waals surface area contributed by atoms with Crippen LogP contribution in [0.2, 0.25) is 25.7 Å². The van der Waals surface area contributed by atoms with Crippen LogP contribution in [-0.4, -0.2) is 48.1 Å². The molecule has 0 saturated heterocycles. The Balaban J connectivity index is 2.13. The fourth-order valence-corrected chi connectivity index (χ4v) is 3.46. The van der Waals surface area contributed by atoms with Crippen molar-refractivity contribution in [2.75, 3.05) is 18.1 Å². The van der Waals surface area contributed by atoms with Crippen LogP contribution in [0.5, 0.6) is 0 Å². The maximum Gasteiger partial charge on any atom is 0.326 e. The van der Waals surface area contributed by atoms with Crippen LogP contribution in [0.25, 0.3) is 0 Å². The molecule has 0 fully saturated rings. The maximum atomic E-state index is 12.6. The van der Waals surface area contributed by atoms with Crippen LogP contribution in [0.3, 0.4) is 0 Å². The summed E-state index contributed by atoms with van der Waals surface area (Å²) in [7, 11) is -1.16. The molecule has 1 unspecified atom stereocenters. The van der Waals surface area contributed by atoms with E-state index in [1.165, 1.54) is 4.68 Å². The first kappa shape index (κ1) is 18.7. The van der Waals surface area contributed by atoms with E-state index < -0.39 is 20.1 Å².